The molecule has 1 aromatic rings. The predicted molar refractivity (Wildman–Crippen MR) is 54.9 cm³/mol. The smallest absolute Gasteiger partial charge is 0.127 e. The van der Waals surface area contributed by atoms with Crippen LogP contribution in [0.2, 0.25) is 0 Å². The summed E-state index contributed by atoms with van der Waals surface area (Å²) in [6, 6.07) is 5.73. The SMILES string of the molecule is Cc1cc(C#N)cc(NCC2CC2)n1. The Morgan fingerprint density at radius 3 is 3.00 bits per heavy atom. The molecule has 14 heavy (non-hydrogen) atoms. The molecule has 3 heteroatoms. The van der Waals surface area contributed by atoms with Gasteiger partial charge in [0.15, 0.2) is 0 Å². The van der Waals surface area contributed by atoms with Crippen molar-refractivity contribution in [2.24, 2.45) is 5.92 Å². The van der Waals surface area contributed by atoms with Gasteiger partial charge in [0, 0.05) is 12.2 Å². The van der Waals surface area contributed by atoms with Crippen LogP contribution in [0.15, 0.2) is 12.1 Å². The maximum absolute atomic E-state index is 8.77. The molecule has 0 aliphatic heterocycles. The molecule has 1 aliphatic rings. The number of rotatable bonds is 3. The molecule has 0 radical (unpaired) electrons. The van der Waals surface area contributed by atoms with Gasteiger partial charge in [-0.2, -0.15) is 5.26 Å². The summed E-state index contributed by atoms with van der Waals surface area (Å²) < 4.78 is 0. The van der Waals surface area contributed by atoms with E-state index >= 15 is 0 Å². The van der Waals surface area contributed by atoms with E-state index in [-0.39, 0.29) is 0 Å². The third-order valence-electron chi connectivity index (χ3n) is 2.35. The van der Waals surface area contributed by atoms with Crippen molar-refractivity contribution in [1.29, 1.82) is 5.26 Å². The van der Waals surface area contributed by atoms with Gasteiger partial charge in [0.1, 0.15) is 5.82 Å². The minimum Gasteiger partial charge on any atom is -0.370 e. The van der Waals surface area contributed by atoms with Crippen molar-refractivity contribution in [2.45, 2.75) is 19.8 Å². The highest BCUT2D eigenvalue weighted by Gasteiger charge is 2.20. The number of hydrogen-bond acceptors (Lipinski definition) is 3. The Morgan fingerprint density at radius 2 is 2.36 bits per heavy atom. The van der Waals surface area contributed by atoms with Crippen molar-refractivity contribution >= 4 is 5.82 Å². The van der Waals surface area contributed by atoms with E-state index in [9.17, 15) is 0 Å². The number of nitrogens with zero attached hydrogens (tertiary/aromatic N) is 2. The van der Waals surface area contributed by atoms with Crippen molar-refractivity contribution in [2.75, 3.05) is 11.9 Å². The molecule has 1 heterocycles. The fourth-order valence-corrected chi connectivity index (χ4v) is 1.39. The lowest BCUT2D eigenvalue weighted by Gasteiger charge is -2.05. The van der Waals surface area contributed by atoms with Gasteiger partial charge in [-0.25, -0.2) is 4.98 Å². The van der Waals surface area contributed by atoms with Crippen LogP contribution in [-0.4, -0.2) is 11.5 Å². The van der Waals surface area contributed by atoms with Crippen LogP contribution < -0.4 is 5.32 Å². The molecule has 0 bridgehead atoms. The van der Waals surface area contributed by atoms with Gasteiger partial charge in [0.2, 0.25) is 0 Å². The number of pyridine rings is 1. The monoisotopic (exact) mass is 187 g/mol. The fourth-order valence-electron chi connectivity index (χ4n) is 1.39. The number of anilines is 1. The Kier molecular flexibility index (Phi) is 2.36. The number of nitrogens with one attached hydrogen (secondary N) is 1. The quantitative estimate of drug-likeness (QED) is 0.788. The number of hydrogen-bond donors (Lipinski definition) is 1. The Labute approximate surface area is 83.8 Å². The first kappa shape index (κ1) is 9.01. The van der Waals surface area contributed by atoms with Gasteiger partial charge >= 0.3 is 0 Å². The summed E-state index contributed by atoms with van der Waals surface area (Å²) in [7, 11) is 0. The summed E-state index contributed by atoms with van der Waals surface area (Å²) in [6.45, 7) is 2.89. The van der Waals surface area contributed by atoms with E-state index < -0.39 is 0 Å². The molecule has 1 aliphatic carbocycles. The molecule has 0 amide bonds. The minimum absolute atomic E-state index is 0.677. The summed E-state index contributed by atoms with van der Waals surface area (Å²) in [4.78, 5) is 4.32. The van der Waals surface area contributed by atoms with E-state index in [4.69, 9.17) is 5.26 Å². The van der Waals surface area contributed by atoms with E-state index in [1.807, 2.05) is 6.92 Å². The zero-order valence-electron chi connectivity index (χ0n) is 8.25. The van der Waals surface area contributed by atoms with Crippen LogP contribution in [0.4, 0.5) is 5.82 Å². The number of aryl methyl sites for hydroxylation is 1. The summed E-state index contributed by atoms with van der Waals surface area (Å²) in [5.74, 6) is 1.65. The molecular formula is C11H13N3. The maximum atomic E-state index is 8.77. The third-order valence-corrected chi connectivity index (χ3v) is 2.35. The first-order valence-electron chi connectivity index (χ1n) is 4.90. The molecule has 1 fully saturated rings. The van der Waals surface area contributed by atoms with Crippen LogP contribution in [0.3, 0.4) is 0 Å². The van der Waals surface area contributed by atoms with E-state index in [1.54, 1.807) is 12.1 Å². The van der Waals surface area contributed by atoms with Gasteiger partial charge in [0.05, 0.1) is 11.6 Å². The van der Waals surface area contributed by atoms with E-state index in [0.717, 1.165) is 24.0 Å². The second-order valence-corrected chi connectivity index (χ2v) is 3.82. The topological polar surface area (TPSA) is 48.7 Å². The Hall–Kier alpha value is -1.56. The molecule has 0 aromatic carbocycles. The highest BCUT2D eigenvalue weighted by atomic mass is 15.0. The highest BCUT2D eigenvalue weighted by Crippen LogP contribution is 2.28. The van der Waals surface area contributed by atoms with Crippen LogP contribution in [0.5, 0.6) is 0 Å². The lowest BCUT2D eigenvalue weighted by atomic mass is 10.2. The van der Waals surface area contributed by atoms with Gasteiger partial charge < -0.3 is 5.32 Å². The zero-order chi connectivity index (χ0) is 9.97. The third kappa shape index (κ3) is 2.23. The van der Waals surface area contributed by atoms with Gasteiger partial charge in [-0.1, -0.05) is 0 Å². The zero-order valence-corrected chi connectivity index (χ0v) is 8.25. The Balaban J connectivity index is 2.07. The van der Waals surface area contributed by atoms with Crippen LogP contribution >= 0.6 is 0 Å². The van der Waals surface area contributed by atoms with Gasteiger partial charge in [-0.05, 0) is 37.8 Å². The average molecular weight is 187 g/mol. The minimum atomic E-state index is 0.677. The fraction of sp³-hybridized carbons (Fsp3) is 0.455. The van der Waals surface area contributed by atoms with E-state index in [1.165, 1.54) is 12.8 Å². The molecule has 3 nitrogen and oxygen atoms in total. The largest absolute Gasteiger partial charge is 0.370 e. The first-order chi connectivity index (χ1) is 6.78. The molecule has 0 saturated heterocycles. The standard InChI is InChI=1S/C11H13N3/c1-8-4-10(6-12)5-11(14-8)13-7-9-2-3-9/h4-5,9H,2-3,7H2,1H3,(H,13,14). The molecule has 0 spiro atoms. The Morgan fingerprint density at radius 1 is 1.57 bits per heavy atom. The van der Waals surface area contributed by atoms with Crippen molar-refractivity contribution < 1.29 is 0 Å². The van der Waals surface area contributed by atoms with Crippen molar-refractivity contribution in [1.82, 2.24) is 4.98 Å². The molecule has 72 valence electrons. The molecule has 0 atom stereocenters. The van der Waals surface area contributed by atoms with Crippen molar-refractivity contribution in [3.63, 3.8) is 0 Å². The van der Waals surface area contributed by atoms with E-state index in [0.29, 0.717) is 5.56 Å². The summed E-state index contributed by atoms with van der Waals surface area (Å²) >= 11 is 0. The Bertz CT molecular complexity index is 375. The van der Waals surface area contributed by atoms with Gasteiger partial charge in [-0.3, -0.25) is 0 Å². The highest BCUT2D eigenvalue weighted by molar-refractivity contribution is 5.44. The normalized spacial score (nSPS) is 14.9. The molecule has 1 aromatic heterocycles. The molecule has 1 saturated carbocycles. The lowest BCUT2D eigenvalue weighted by Crippen LogP contribution is -2.05. The second-order valence-electron chi connectivity index (χ2n) is 3.82. The van der Waals surface area contributed by atoms with Crippen LogP contribution in [0.1, 0.15) is 24.1 Å². The number of aromatic nitrogens is 1. The van der Waals surface area contributed by atoms with E-state index in [2.05, 4.69) is 16.4 Å². The summed E-state index contributed by atoms with van der Waals surface area (Å²) in [5, 5.41) is 12.0. The molecule has 2 rings (SSSR count). The second kappa shape index (κ2) is 3.67. The molecule has 0 unspecified atom stereocenters. The van der Waals surface area contributed by atoms with Crippen molar-refractivity contribution in [3.8, 4) is 6.07 Å². The van der Waals surface area contributed by atoms with Gasteiger partial charge in [0.25, 0.3) is 0 Å². The molecular weight excluding hydrogens is 174 g/mol. The van der Waals surface area contributed by atoms with Crippen LogP contribution in [-0.2, 0) is 0 Å². The van der Waals surface area contributed by atoms with Crippen molar-refractivity contribution in [3.05, 3.63) is 23.4 Å². The average Bonchev–Trinajstić information content (AvgIpc) is 2.97. The predicted octanol–water partition coefficient (Wildman–Crippen LogP) is 2.08. The first-order valence-corrected chi connectivity index (χ1v) is 4.90. The summed E-state index contributed by atoms with van der Waals surface area (Å²) in [5.41, 5.74) is 1.57. The van der Waals surface area contributed by atoms with Crippen LogP contribution in [0.25, 0.3) is 0 Å². The lowest BCUT2D eigenvalue weighted by molar-refractivity contribution is 0.881. The molecule has 1 N–H and O–H groups in total. The van der Waals surface area contributed by atoms with Gasteiger partial charge in [-0.15, -0.1) is 0 Å². The van der Waals surface area contributed by atoms with Crippen LogP contribution in [0, 0.1) is 24.2 Å². The summed E-state index contributed by atoms with van der Waals surface area (Å²) in [6.07, 6.45) is 2.65. The number of nitriles is 1. The maximum Gasteiger partial charge on any atom is 0.127 e.